The fourth-order valence-electron chi connectivity index (χ4n) is 3.69. The summed E-state index contributed by atoms with van der Waals surface area (Å²) in [5.74, 6) is 0.924. The molecule has 29 heavy (non-hydrogen) atoms. The number of benzene rings is 1. The minimum absolute atomic E-state index is 0.0783. The minimum atomic E-state index is -0.418. The van der Waals surface area contributed by atoms with Gasteiger partial charge in [0, 0.05) is 26.2 Å². The third-order valence-corrected chi connectivity index (χ3v) is 5.19. The number of morpholine rings is 1. The second-order valence-corrected chi connectivity index (χ2v) is 7.10. The van der Waals surface area contributed by atoms with Crippen LogP contribution >= 0.6 is 0 Å². The summed E-state index contributed by atoms with van der Waals surface area (Å²) in [5.41, 5.74) is 1.36. The smallest absolute Gasteiger partial charge is 0.341 e. The van der Waals surface area contributed by atoms with Gasteiger partial charge in [-0.15, -0.1) is 0 Å². The molecular formula is C21H31N3O5. The number of rotatable bonds is 6. The first-order chi connectivity index (χ1) is 14.2. The van der Waals surface area contributed by atoms with Gasteiger partial charge in [0.1, 0.15) is 17.4 Å². The predicted molar refractivity (Wildman–Crippen MR) is 109 cm³/mol. The predicted octanol–water partition coefficient (Wildman–Crippen LogP) is 1.83. The van der Waals surface area contributed by atoms with Crippen LogP contribution in [0.15, 0.2) is 23.2 Å². The van der Waals surface area contributed by atoms with Crippen LogP contribution in [0.1, 0.15) is 35.7 Å². The number of hydrogen-bond acceptors (Lipinski definition) is 6. The van der Waals surface area contributed by atoms with Gasteiger partial charge in [0.2, 0.25) is 0 Å². The number of guanidine groups is 1. The maximum absolute atomic E-state index is 11.8. The quantitative estimate of drug-likeness (QED) is 0.439. The zero-order chi connectivity index (χ0) is 20.6. The molecule has 0 aliphatic carbocycles. The number of methoxy groups -OCH3 is 2. The molecule has 1 N–H and O–H groups in total. The average Bonchev–Trinajstić information content (AvgIpc) is 3.31. The van der Waals surface area contributed by atoms with Gasteiger partial charge in [-0.25, -0.2) is 9.79 Å². The van der Waals surface area contributed by atoms with Crippen molar-refractivity contribution in [3.8, 4) is 5.75 Å². The molecule has 2 atom stereocenters. The Bertz CT molecular complexity index is 718. The van der Waals surface area contributed by atoms with E-state index in [1.54, 1.807) is 6.07 Å². The van der Waals surface area contributed by atoms with Crippen molar-refractivity contribution in [1.29, 1.82) is 0 Å². The van der Waals surface area contributed by atoms with Gasteiger partial charge >= 0.3 is 5.97 Å². The van der Waals surface area contributed by atoms with Crippen molar-refractivity contribution in [3.63, 3.8) is 0 Å². The summed E-state index contributed by atoms with van der Waals surface area (Å²) in [6, 6.07) is 5.41. The zero-order valence-electron chi connectivity index (χ0n) is 17.5. The van der Waals surface area contributed by atoms with Gasteiger partial charge in [0.05, 0.1) is 33.5 Å². The highest BCUT2D eigenvalue weighted by molar-refractivity contribution is 5.92. The fraction of sp³-hybridized carbons (Fsp3) is 0.619. The SMILES string of the molecule is CCNC(=NCc1ccc(C(=O)OC)c(OC)c1)N1CCOC(C2CCCO2)C1. The van der Waals surface area contributed by atoms with Crippen LogP contribution in [0.25, 0.3) is 0 Å². The molecule has 0 aromatic heterocycles. The molecule has 0 amide bonds. The van der Waals surface area contributed by atoms with Crippen molar-refractivity contribution in [3.05, 3.63) is 29.3 Å². The molecule has 8 heteroatoms. The van der Waals surface area contributed by atoms with Gasteiger partial charge in [-0.05, 0) is 37.5 Å². The first-order valence-corrected chi connectivity index (χ1v) is 10.2. The highest BCUT2D eigenvalue weighted by atomic mass is 16.5. The Morgan fingerprint density at radius 3 is 2.79 bits per heavy atom. The lowest BCUT2D eigenvalue weighted by Gasteiger charge is -2.37. The molecular weight excluding hydrogens is 374 g/mol. The Morgan fingerprint density at radius 1 is 1.28 bits per heavy atom. The van der Waals surface area contributed by atoms with Crippen molar-refractivity contribution in [1.82, 2.24) is 10.2 Å². The molecule has 2 saturated heterocycles. The van der Waals surface area contributed by atoms with Crippen molar-refractivity contribution in [2.75, 3.05) is 47.1 Å². The molecule has 3 rings (SSSR count). The van der Waals surface area contributed by atoms with Crippen LogP contribution in [0.3, 0.4) is 0 Å². The zero-order valence-corrected chi connectivity index (χ0v) is 17.5. The molecule has 2 aliphatic rings. The number of carbonyl (C=O) groups is 1. The highest BCUT2D eigenvalue weighted by Gasteiger charge is 2.32. The number of carbonyl (C=O) groups excluding carboxylic acids is 1. The highest BCUT2D eigenvalue weighted by Crippen LogP contribution is 2.23. The third-order valence-electron chi connectivity index (χ3n) is 5.19. The van der Waals surface area contributed by atoms with E-state index >= 15 is 0 Å². The molecule has 2 unspecified atom stereocenters. The number of esters is 1. The van der Waals surface area contributed by atoms with Crippen LogP contribution in [-0.4, -0.2) is 76.1 Å². The summed E-state index contributed by atoms with van der Waals surface area (Å²) in [6.07, 6.45) is 2.41. The maximum atomic E-state index is 11.8. The van der Waals surface area contributed by atoms with Crippen LogP contribution in [0.5, 0.6) is 5.75 Å². The normalized spacial score (nSPS) is 22.4. The van der Waals surface area contributed by atoms with E-state index in [9.17, 15) is 4.79 Å². The van der Waals surface area contributed by atoms with E-state index in [4.69, 9.17) is 23.9 Å². The number of nitrogens with zero attached hydrogens (tertiary/aromatic N) is 2. The van der Waals surface area contributed by atoms with E-state index in [-0.39, 0.29) is 12.2 Å². The summed E-state index contributed by atoms with van der Waals surface area (Å²) < 4.78 is 21.9. The summed E-state index contributed by atoms with van der Waals surface area (Å²) in [5, 5.41) is 3.38. The van der Waals surface area contributed by atoms with Gasteiger partial charge in [-0.1, -0.05) is 6.07 Å². The summed E-state index contributed by atoms with van der Waals surface area (Å²) >= 11 is 0. The van der Waals surface area contributed by atoms with Crippen molar-refractivity contribution in [2.24, 2.45) is 4.99 Å². The Balaban J connectivity index is 1.71. The summed E-state index contributed by atoms with van der Waals surface area (Å²) in [6.45, 7) is 6.36. The third kappa shape index (κ3) is 5.39. The van der Waals surface area contributed by atoms with Crippen LogP contribution in [-0.2, 0) is 20.8 Å². The molecule has 2 aliphatic heterocycles. The monoisotopic (exact) mass is 405 g/mol. The van der Waals surface area contributed by atoms with Gasteiger partial charge in [0.15, 0.2) is 5.96 Å². The fourth-order valence-corrected chi connectivity index (χ4v) is 3.69. The van der Waals surface area contributed by atoms with Gasteiger partial charge in [0.25, 0.3) is 0 Å². The van der Waals surface area contributed by atoms with Crippen LogP contribution in [0.2, 0.25) is 0 Å². The van der Waals surface area contributed by atoms with E-state index in [0.717, 1.165) is 50.6 Å². The van der Waals surface area contributed by atoms with Crippen molar-refractivity contribution in [2.45, 2.75) is 38.5 Å². The molecule has 8 nitrogen and oxygen atoms in total. The molecule has 0 radical (unpaired) electrons. The van der Waals surface area contributed by atoms with E-state index in [2.05, 4.69) is 17.1 Å². The largest absolute Gasteiger partial charge is 0.496 e. The second-order valence-electron chi connectivity index (χ2n) is 7.10. The van der Waals surface area contributed by atoms with Crippen molar-refractivity contribution < 1.29 is 23.7 Å². The molecule has 0 saturated carbocycles. The molecule has 160 valence electrons. The number of aliphatic imine (C=N–C) groups is 1. The maximum Gasteiger partial charge on any atom is 0.341 e. The first-order valence-electron chi connectivity index (χ1n) is 10.2. The lowest BCUT2D eigenvalue weighted by Crippen LogP contribution is -2.53. The average molecular weight is 405 g/mol. The van der Waals surface area contributed by atoms with Crippen LogP contribution in [0.4, 0.5) is 0 Å². The summed E-state index contributed by atoms with van der Waals surface area (Å²) in [7, 11) is 2.90. The Labute approximate surface area is 172 Å². The summed E-state index contributed by atoms with van der Waals surface area (Å²) in [4.78, 5) is 18.9. The van der Waals surface area contributed by atoms with E-state index in [1.165, 1.54) is 14.2 Å². The van der Waals surface area contributed by atoms with Crippen LogP contribution in [0, 0.1) is 0 Å². The molecule has 1 aromatic carbocycles. The van der Waals surface area contributed by atoms with Crippen LogP contribution < -0.4 is 10.1 Å². The van der Waals surface area contributed by atoms with Crippen molar-refractivity contribution >= 4 is 11.9 Å². The van der Waals surface area contributed by atoms with Gasteiger partial charge in [-0.2, -0.15) is 0 Å². The number of hydrogen-bond donors (Lipinski definition) is 1. The van der Waals surface area contributed by atoms with E-state index in [0.29, 0.717) is 24.5 Å². The molecule has 0 bridgehead atoms. The Morgan fingerprint density at radius 2 is 2.10 bits per heavy atom. The second kappa shape index (κ2) is 10.5. The topological polar surface area (TPSA) is 81.6 Å². The van der Waals surface area contributed by atoms with Gasteiger partial charge in [-0.3, -0.25) is 0 Å². The Kier molecular flexibility index (Phi) is 7.71. The standard InChI is InChI=1S/C21H31N3O5/c1-4-22-21(24-9-11-29-19(14-24)17-6-5-10-28-17)23-13-15-7-8-16(20(25)27-3)18(12-15)26-2/h7-8,12,17,19H,4-6,9-11,13-14H2,1-3H3,(H,22,23). The Hall–Kier alpha value is -2.32. The lowest BCUT2D eigenvalue weighted by atomic mass is 10.1. The first kappa shape index (κ1) is 21.4. The van der Waals surface area contributed by atoms with E-state index < -0.39 is 5.97 Å². The number of nitrogens with one attached hydrogen (secondary N) is 1. The molecule has 1 aromatic rings. The van der Waals surface area contributed by atoms with E-state index in [1.807, 2.05) is 12.1 Å². The number of ether oxygens (including phenoxy) is 4. The molecule has 2 fully saturated rings. The molecule has 0 spiro atoms. The molecule has 2 heterocycles. The lowest BCUT2D eigenvalue weighted by molar-refractivity contribution is -0.0817. The van der Waals surface area contributed by atoms with Gasteiger partial charge < -0.3 is 29.2 Å². The minimum Gasteiger partial charge on any atom is -0.496 e.